The molecule has 4 rings (SSSR count). The van der Waals surface area contributed by atoms with Gasteiger partial charge in [0.1, 0.15) is 12.6 Å². The molecule has 9 nitrogen and oxygen atoms in total. The molecule has 0 saturated carbocycles. The van der Waals surface area contributed by atoms with Crippen LogP contribution in [0.15, 0.2) is 52.1 Å². The summed E-state index contributed by atoms with van der Waals surface area (Å²) in [7, 11) is 1.58. The van der Waals surface area contributed by atoms with Gasteiger partial charge in [-0.05, 0) is 69.9 Å². The highest BCUT2D eigenvalue weighted by Crippen LogP contribution is 2.42. The molecule has 0 bridgehead atoms. The smallest absolute Gasteiger partial charge is 0.338 e. The average molecular weight is 528 g/mol. The molecule has 1 N–H and O–H groups in total. The number of esters is 1. The number of fused-ring (bicyclic) bond motifs is 1. The van der Waals surface area contributed by atoms with Gasteiger partial charge in [-0.2, -0.15) is 4.68 Å². The minimum atomic E-state index is -0.605. The van der Waals surface area contributed by atoms with Crippen molar-refractivity contribution in [3.05, 3.63) is 68.8 Å². The van der Waals surface area contributed by atoms with Crippen molar-refractivity contribution in [2.45, 2.75) is 39.8 Å². The van der Waals surface area contributed by atoms with Crippen LogP contribution in [-0.2, 0) is 16.1 Å². The lowest BCUT2D eigenvalue weighted by atomic mass is 9.95. The largest absolute Gasteiger partial charge is 0.493 e. The number of nitrogens with one attached hydrogen (secondary N) is 1. The summed E-state index contributed by atoms with van der Waals surface area (Å²) in [6, 6.07) is 11.2. The van der Waals surface area contributed by atoms with Crippen molar-refractivity contribution in [1.82, 2.24) is 20.2 Å². The van der Waals surface area contributed by atoms with Gasteiger partial charge in [-0.25, -0.2) is 4.79 Å². The van der Waals surface area contributed by atoms with Gasteiger partial charge in [0, 0.05) is 5.70 Å². The molecule has 2 heterocycles. The summed E-state index contributed by atoms with van der Waals surface area (Å²) in [4.78, 5) is 13.0. The van der Waals surface area contributed by atoms with E-state index >= 15 is 0 Å². The van der Waals surface area contributed by atoms with Crippen LogP contribution in [0.4, 0.5) is 5.95 Å². The van der Waals surface area contributed by atoms with Crippen molar-refractivity contribution in [3.63, 3.8) is 0 Å². The fourth-order valence-corrected chi connectivity index (χ4v) is 4.43. The average Bonchev–Trinajstić information content (AvgIpc) is 3.28. The van der Waals surface area contributed by atoms with Gasteiger partial charge in [0.25, 0.3) is 0 Å². The summed E-state index contributed by atoms with van der Waals surface area (Å²) in [6.45, 7) is 6.50. The van der Waals surface area contributed by atoms with Crippen LogP contribution in [-0.4, -0.2) is 39.9 Å². The van der Waals surface area contributed by atoms with Gasteiger partial charge >= 0.3 is 5.97 Å². The van der Waals surface area contributed by atoms with Crippen LogP contribution in [0.2, 0.25) is 0 Å². The maximum Gasteiger partial charge on any atom is 0.338 e. The predicted octanol–water partition coefficient (Wildman–Crippen LogP) is 4.57. The molecule has 0 spiro atoms. The molecule has 1 atom stereocenters. The molecular weight excluding hydrogens is 502 g/mol. The van der Waals surface area contributed by atoms with Crippen molar-refractivity contribution >= 4 is 27.8 Å². The van der Waals surface area contributed by atoms with E-state index in [-0.39, 0.29) is 0 Å². The number of nitrogens with zero attached hydrogens (tertiary/aromatic N) is 4. The first kappa shape index (κ1) is 23.7. The molecule has 1 aromatic heterocycles. The second-order valence-electron chi connectivity index (χ2n) is 7.96. The Balaban J connectivity index is 1.72. The molecule has 1 unspecified atom stereocenters. The number of hydrogen-bond acceptors (Lipinski definition) is 8. The monoisotopic (exact) mass is 527 g/mol. The number of aromatic nitrogens is 4. The molecule has 3 aromatic rings. The number of carbonyl (C=O) groups is 1. The van der Waals surface area contributed by atoms with E-state index < -0.39 is 12.0 Å². The normalized spacial score (nSPS) is 14.9. The van der Waals surface area contributed by atoms with Gasteiger partial charge in [0.05, 0.1) is 23.8 Å². The summed E-state index contributed by atoms with van der Waals surface area (Å²) < 4.78 is 19.5. The number of tetrazole rings is 1. The molecule has 0 fully saturated rings. The SMILES string of the molecule is CCCOC(=O)C1=C(C)Nc2nnnn2C1c1cc(Br)c(OCc2cccc(C)c2)c(OC)c1. The van der Waals surface area contributed by atoms with Crippen LogP contribution < -0.4 is 14.8 Å². The Labute approximate surface area is 206 Å². The Morgan fingerprint density at radius 3 is 2.79 bits per heavy atom. The summed E-state index contributed by atoms with van der Waals surface area (Å²) >= 11 is 3.62. The van der Waals surface area contributed by atoms with Crippen LogP contribution >= 0.6 is 15.9 Å². The Kier molecular flexibility index (Phi) is 7.16. The number of allylic oxidation sites excluding steroid dienone is 1. The summed E-state index contributed by atoms with van der Waals surface area (Å²) in [5.41, 5.74) is 4.01. The molecule has 2 aromatic carbocycles. The third-order valence-electron chi connectivity index (χ3n) is 5.40. The fraction of sp³-hybridized carbons (Fsp3) is 0.333. The summed E-state index contributed by atoms with van der Waals surface area (Å²) in [5.74, 6) is 1.09. The first-order chi connectivity index (χ1) is 16.4. The van der Waals surface area contributed by atoms with Gasteiger partial charge in [-0.15, -0.1) is 0 Å². The van der Waals surface area contributed by atoms with Crippen molar-refractivity contribution in [1.29, 1.82) is 0 Å². The van der Waals surface area contributed by atoms with E-state index in [4.69, 9.17) is 14.2 Å². The first-order valence-electron chi connectivity index (χ1n) is 10.9. The Morgan fingerprint density at radius 1 is 1.24 bits per heavy atom. The van der Waals surface area contributed by atoms with Crippen LogP contribution in [0.25, 0.3) is 0 Å². The molecule has 0 radical (unpaired) electrons. The molecule has 0 amide bonds. The van der Waals surface area contributed by atoms with Crippen molar-refractivity contribution in [2.24, 2.45) is 0 Å². The van der Waals surface area contributed by atoms with Gasteiger partial charge in [-0.3, -0.25) is 0 Å². The second-order valence-corrected chi connectivity index (χ2v) is 8.82. The lowest BCUT2D eigenvalue weighted by Gasteiger charge is -2.28. The van der Waals surface area contributed by atoms with Crippen LogP contribution in [0, 0.1) is 6.92 Å². The number of methoxy groups -OCH3 is 1. The third-order valence-corrected chi connectivity index (χ3v) is 5.99. The first-order valence-corrected chi connectivity index (χ1v) is 11.7. The van der Waals surface area contributed by atoms with Gasteiger partial charge < -0.3 is 19.5 Å². The lowest BCUT2D eigenvalue weighted by Crippen LogP contribution is -2.30. The van der Waals surface area contributed by atoms with Gasteiger partial charge in [0.2, 0.25) is 5.95 Å². The predicted molar refractivity (Wildman–Crippen MR) is 130 cm³/mol. The highest BCUT2D eigenvalue weighted by Gasteiger charge is 2.36. The number of ether oxygens (including phenoxy) is 3. The molecular formula is C24H26BrN5O4. The van der Waals surface area contributed by atoms with Crippen LogP contribution in [0.1, 0.15) is 43.0 Å². The maximum absolute atomic E-state index is 13.0. The second kappa shape index (κ2) is 10.3. The molecule has 0 saturated heterocycles. The summed E-state index contributed by atoms with van der Waals surface area (Å²) in [6.07, 6.45) is 0.721. The summed E-state index contributed by atoms with van der Waals surface area (Å²) in [5, 5.41) is 15.0. The third kappa shape index (κ3) is 4.77. The highest BCUT2D eigenvalue weighted by molar-refractivity contribution is 9.10. The van der Waals surface area contributed by atoms with Crippen LogP contribution in [0.3, 0.4) is 0 Å². The number of hydrogen-bond donors (Lipinski definition) is 1. The maximum atomic E-state index is 13.0. The van der Waals surface area contributed by atoms with E-state index in [1.807, 2.05) is 44.2 Å². The number of rotatable bonds is 8. The molecule has 0 aliphatic carbocycles. The Hall–Kier alpha value is -3.40. The lowest BCUT2D eigenvalue weighted by molar-refractivity contribution is -0.139. The van der Waals surface area contributed by atoms with Gasteiger partial charge in [-0.1, -0.05) is 41.9 Å². The van der Waals surface area contributed by atoms with Crippen molar-refractivity contribution < 1.29 is 19.0 Å². The minimum Gasteiger partial charge on any atom is -0.493 e. The van der Waals surface area contributed by atoms with E-state index in [1.54, 1.807) is 18.7 Å². The van der Waals surface area contributed by atoms with Crippen molar-refractivity contribution in [2.75, 3.05) is 19.0 Å². The Bertz CT molecular complexity index is 1240. The number of carbonyl (C=O) groups excluding carboxylic acids is 1. The fourth-order valence-electron chi connectivity index (χ4n) is 3.85. The highest BCUT2D eigenvalue weighted by atomic mass is 79.9. The topological polar surface area (TPSA) is 100 Å². The van der Waals surface area contributed by atoms with E-state index in [0.29, 0.717) is 46.4 Å². The van der Waals surface area contributed by atoms with Crippen molar-refractivity contribution in [3.8, 4) is 11.5 Å². The van der Waals surface area contributed by atoms with E-state index in [9.17, 15) is 4.79 Å². The number of halogens is 1. The standard InChI is InChI=1S/C24H26BrN5O4/c1-5-9-33-23(31)20-15(3)26-24-27-28-29-30(24)21(20)17-11-18(25)22(19(12-17)32-4)34-13-16-8-6-7-14(2)10-16/h6-8,10-12,21H,5,9,13H2,1-4H3,(H,26,27,29). The van der Waals surface area contributed by atoms with E-state index in [2.05, 4.69) is 42.8 Å². The number of benzene rings is 2. The molecule has 178 valence electrons. The van der Waals surface area contributed by atoms with E-state index in [0.717, 1.165) is 23.1 Å². The minimum absolute atomic E-state index is 0.323. The quantitative estimate of drug-likeness (QED) is 0.425. The zero-order valence-electron chi connectivity index (χ0n) is 19.5. The molecule has 1 aliphatic heterocycles. The zero-order valence-corrected chi connectivity index (χ0v) is 21.0. The Morgan fingerprint density at radius 2 is 2.06 bits per heavy atom. The molecule has 10 heteroatoms. The number of anilines is 1. The molecule has 1 aliphatic rings. The zero-order chi connectivity index (χ0) is 24.2. The van der Waals surface area contributed by atoms with Gasteiger partial charge in [0.15, 0.2) is 11.5 Å². The van der Waals surface area contributed by atoms with E-state index in [1.165, 1.54) is 0 Å². The molecule has 34 heavy (non-hydrogen) atoms. The number of aryl methyl sites for hydroxylation is 1. The van der Waals surface area contributed by atoms with Crippen LogP contribution in [0.5, 0.6) is 11.5 Å².